The van der Waals surface area contributed by atoms with Gasteiger partial charge in [0.1, 0.15) is 6.10 Å². The maximum Gasteiger partial charge on any atom is 0.407 e. The van der Waals surface area contributed by atoms with E-state index in [2.05, 4.69) is 25.2 Å². The number of nitrogens with zero attached hydrogens (tertiary/aromatic N) is 3. The summed E-state index contributed by atoms with van der Waals surface area (Å²) in [5.74, 6) is 1.52. The van der Waals surface area contributed by atoms with Crippen LogP contribution in [0.1, 0.15) is 30.7 Å². The molecule has 0 saturated carbocycles. The summed E-state index contributed by atoms with van der Waals surface area (Å²) in [4.78, 5) is 25.9. The third kappa shape index (κ3) is 6.19. The van der Waals surface area contributed by atoms with Crippen LogP contribution < -0.4 is 14.8 Å². The number of rotatable bonds is 10. The zero-order valence-electron chi connectivity index (χ0n) is 18.1. The first kappa shape index (κ1) is 23.5. The van der Waals surface area contributed by atoms with E-state index >= 15 is 0 Å². The Labute approximate surface area is 185 Å². The third-order valence-corrected chi connectivity index (χ3v) is 5.19. The topological polar surface area (TPSA) is 136 Å². The van der Waals surface area contributed by atoms with Crippen molar-refractivity contribution >= 4 is 17.6 Å². The summed E-state index contributed by atoms with van der Waals surface area (Å²) in [6.45, 7) is 3.03. The highest BCUT2D eigenvalue weighted by Crippen LogP contribution is 2.36. The van der Waals surface area contributed by atoms with Crippen LogP contribution in [0.15, 0.2) is 24.4 Å². The smallest absolute Gasteiger partial charge is 0.407 e. The molecule has 0 unspecified atom stereocenters. The van der Waals surface area contributed by atoms with Crippen molar-refractivity contribution < 1.29 is 34.6 Å². The maximum atomic E-state index is 11.1. The summed E-state index contributed by atoms with van der Waals surface area (Å²) >= 11 is 0. The normalized spacial score (nSPS) is 14.3. The second-order valence-electron chi connectivity index (χ2n) is 7.34. The van der Waals surface area contributed by atoms with Crippen LogP contribution in [-0.4, -0.2) is 64.2 Å². The van der Waals surface area contributed by atoms with Gasteiger partial charge in [0, 0.05) is 43.9 Å². The van der Waals surface area contributed by atoms with Gasteiger partial charge in [-0.2, -0.15) is 0 Å². The van der Waals surface area contributed by atoms with Gasteiger partial charge in [-0.3, -0.25) is 4.98 Å². The Morgan fingerprint density at radius 1 is 1.28 bits per heavy atom. The standard InChI is InChI=1S/C21H28N4O7/c1-14-17(6-5-15(23-14)4-3-13-30-32-28)24-20-19(29-2)18(7-10-22-20)31-16-8-11-25(12-9-16)21(26)27/h5-7,10,16,28H,3-4,8-9,11-13H2,1-2H3,(H,22,24)(H,26,27). The van der Waals surface area contributed by atoms with Gasteiger partial charge in [-0.05, 0) is 31.9 Å². The number of aryl methyl sites for hydroxylation is 2. The Morgan fingerprint density at radius 3 is 2.72 bits per heavy atom. The summed E-state index contributed by atoms with van der Waals surface area (Å²) in [5, 5.41) is 24.1. The van der Waals surface area contributed by atoms with E-state index < -0.39 is 6.09 Å². The molecule has 3 rings (SSSR count). The van der Waals surface area contributed by atoms with Crippen molar-refractivity contribution in [2.45, 2.75) is 38.7 Å². The number of anilines is 2. The van der Waals surface area contributed by atoms with Gasteiger partial charge in [-0.15, -0.1) is 0 Å². The van der Waals surface area contributed by atoms with E-state index in [0.29, 0.717) is 56.1 Å². The van der Waals surface area contributed by atoms with Crippen LogP contribution in [0.2, 0.25) is 0 Å². The van der Waals surface area contributed by atoms with Crippen LogP contribution in [0, 0.1) is 6.92 Å². The van der Waals surface area contributed by atoms with Crippen LogP contribution in [0.5, 0.6) is 11.5 Å². The number of carboxylic acid groups (broad SMARTS) is 1. The maximum absolute atomic E-state index is 11.1. The lowest BCUT2D eigenvalue weighted by molar-refractivity contribution is -0.490. The van der Waals surface area contributed by atoms with E-state index in [4.69, 9.17) is 19.8 Å². The SMILES string of the molecule is COc1c(OC2CCN(C(=O)O)CC2)ccnc1Nc1ccc(CCCOOO)nc1C. The molecule has 1 aliphatic heterocycles. The van der Waals surface area contributed by atoms with Gasteiger partial charge in [-0.25, -0.2) is 19.9 Å². The average Bonchev–Trinajstić information content (AvgIpc) is 2.79. The molecule has 0 radical (unpaired) electrons. The van der Waals surface area contributed by atoms with Gasteiger partial charge in [0.2, 0.25) is 5.75 Å². The number of piperidine rings is 1. The van der Waals surface area contributed by atoms with Crippen LogP contribution in [0.3, 0.4) is 0 Å². The van der Waals surface area contributed by atoms with Crippen molar-refractivity contribution in [2.75, 3.05) is 32.1 Å². The lowest BCUT2D eigenvalue weighted by atomic mass is 10.1. The minimum atomic E-state index is -0.904. The second-order valence-corrected chi connectivity index (χ2v) is 7.34. The minimum Gasteiger partial charge on any atom is -0.490 e. The molecule has 1 amide bonds. The first-order valence-electron chi connectivity index (χ1n) is 10.4. The highest BCUT2D eigenvalue weighted by molar-refractivity contribution is 5.67. The van der Waals surface area contributed by atoms with Crippen molar-refractivity contribution in [1.29, 1.82) is 0 Å². The van der Waals surface area contributed by atoms with Crippen LogP contribution in [0.25, 0.3) is 0 Å². The molecule has 2 aromatic heterocycles. The first-order valence-corrected chi connectivity index (χ1v) is 10.4. The molecular formula is C21H28N4O7. The van der Waals surface area contributed by atoms with E-state index in [1.165, 1.54) is 4.90 Å². The van der Waals surface area contributed by atoms with E-state index in [0.717, 1.165) is 17.1 Å². The summed E-state index contributed by atoms with van der Waals surface area (Å²) in [6, 6.07) is 5.55. The Bertz CT molecular complexity index is 904. The Balaban J connectivity index is 1.66. The molecule has 0 aliphatic carbocycles. The van der Waals surface area contributed by atoms with Gasteiger partial charge in [-0.1, -0.05) is 5.04 Å². The van der Waals surface area contributed by atoms with E-state index in [-0.39, 0.29) is 12.7 Å². The van der Waals surface area contributed by atoms with Crippen LogP contribution >= 0.6 is 0 Å². The highest BCUT2D eigenvalue weighted by atomic mass is 17.5. The lowest BCUT2D eigenvalue weighted by Crippen LogP contribution is -2.41. The molecule has 0 aromatic carbocycles. The number of aromatic nitrogens is 2. The predicted octanol–water partition coefficient (Wildman–Crippen LogP) is 3.41. The minimum absolute atomic E-state index is 0.0994. The summed E-state index contributed by atoms with van der Waals surface area (Å²) < 4.78 is 11.7. The molecule has 1 saturated heterocycles. The molecule has 174 valence electrons. The van der Waals surface area contributed by atoms with E-state index in [9.17, 15) is 4.79 Å². The monoisotopic (exact) mass is 448 g/mol. The van der Waals surface area contributed by atoms with E-state index in [1.807, 2.05) is 19.1 Å². The molecule has 11 nitrogen and oxygen atoms in total. The number of carbonyl (C=O) groups is 1. The first-order chi connectivity index (χ1) is 15.5. The molecular weight excluding hydrogens is 420 g/mol. The van der Waals surface area contributed by atoms with E-state index in [1.54, 1.807) is 19.4 Å². The zero-order valence-corrected chi connectivity index (χ0v) is 18.1. The second kappa shape index (κ2) is 11.5. The third-order valence-electron chi connectivity index (χ3n) is 5.19. The highest BCUT2D eigenvalue weighted by Gasteiger charge is 2.25. The molecule has 11 heteroatoms. The molecule has 0 bridgehead atoms. The number of likely N-dealkylation sites (tertiary alicyclic amines) is 1. The van der Waals surface area contributed by atoms with Gasteiger partial charge in [0.15, 0.2) is 11.6 Å². The molecule has 32 heavy (non-hydrogen) atoms. The number of nitrogens with one attached hydrogen (secondary N) is 1. The van der Waals surface area contributed by atoms with Gasteiger partial charge in [0.25, 0.3) is 0 Å². The lowest BCUT2D eigenvalue weighted by Gasteiger charge is -2.30. The largest absolute Gasteiger partial charge is 0.490 e. The summed E-state index contributed by atoms with van der Waals surface area (Å²) in [5.41, 5.74) is 2.46. The zero-order chi connectivity index (χ0) is 22.9. The molecule has 1 aliphatic rings. The molecule has 1 fully saturated rings. The number of methoxy groups -OCH3 is 1. The average molecular weight is 448 g/mol. The molecule has 2 aromatic rings. The van der Waals surface area contributed by atoms with Crippen molar-refractivity contribution in [2.24, 2.45) is 0 Å². The van der Waals surface area contributed by atoms with Crippen molar-refractivity contribution in [3.05, 3.63) is 35.8 Å². The van der Waals surface area contributed by atoms with Crippen molar-refractivity contribution in [3.63, 3.8) is 0 Å². The van der Waals surface area contributed by atoms with Gasteiger partial charge < -0.3 is 24.8 Å². The fraction of sp³-hybridized carbons (Fsp3) is 0.476. The molecule has 3 N–H and O–H groups in total. The number of pyridine rings is 2. The van der Waals surface area contributed by atoms with Crippen molar-refractivity contribution in [3.8, 4) is 11.5 Å². The Morgan fingerprint density at radius 2 is 2.06 bits per heavy atom. The molecule has 0 atom stereocenters. The number of hydrogen-bond donors (Lipinski definition) is 3. The van der Waals surface area contributed by atoms with Crippen LogP contribution in [-0.2, 0) is 16.3 Å². The molecule has 3 heterocycles. The van der Waals surface area contributed by atoms with Gasteiger partial charge in [0.05, 0.1) is 25.1 Å². The fourth-order valence-electron chi connectivity index (χ4n) is 3.52. The number of hydrogen-bond acceptors (Lipinski definition) is 9. The molecule has 0 spiro atoms. The van der Waals surface area contributed by atoms with Crippen LogP contribution in [0.4, 0.5) is 16.3 Å². The quantitative estimate of drug-likeness (QED) is 0.282. The fourth-order valence-corrected chi connectivity index (χ4v) is 3.52. The van der Waals surface area contributed by atoms with Gasteiger partial charge >= 0.3 is 6.09 Å². The Hall–Kier alpha value is -3.15. The van der Waals surface area contributed by atoms with Crippen molar-refractivity contribution in [1.82, 2.24) is 14.9 Å². The Kier molecular flexibility index (Phi) is 8.42. The summed E-state index contributed by atoms with van der Waals surface area (Å²) in [6.07, 6.45) is 3.18. The number of ether oxygens (including phenoxy) is 2. The summed E-state index contributed by atoms with van der Waals surface area (Å²) in [7, 11) is 1.55. The number of amides is 1. The predicted molar refractivity (Wildman–Crippen MR) is 114 cm³/mol.